The Morgan fingerprint density at radius 2 is 1.77 bits per heavy atom. The van der Waals surface area contributed by atoms with Crippen LogP contribution >= 0.6 is 0 Å². The first-order chi connectivity index (χ1) is 15.0. The van der Waals surface area contributed by atoms with Crippen molar-refractivity contribution in [1.82, 2.24) is 24.6 Å². The Bertz CT molecular complexity index is 1260. The average Bonchev–Trinajstić information content (AvgIpc) is 3.16. The van der Waals surface area contributed by atoms with Gasteiger partial charge in [-0.15, -0.1) is 0 Å². The number of fused-ring (bicyclic) bond motifs is 1. The summed E-state index contributed by atoms with van der Waals surface area (Å²) in [6.07, 6.45) is 3.06. The summed E-state index contributed by atoms with van der Waals surface area (Å²) in [7, 11) is 1.72. The molecule has 0 bridgehead atoms. The summed E-state index contributed by atoms with van der Waals surface area (Å²) >= 11 is 0. The standard InChI is InChI=1S/C22H20FN5O3/c1-27-21-19(13-26-27)22(30)28(14-25-21)11-10-20(29)24-12-15-2-6-17(7-3-15)31-18-8-4-16(23)5-9-18/h2-9,13-14H,10-12H2,1H3,(H,24,29). The molecule has 8 nitrogen and oxygen atoms in total. The number of aryl methyl sites for hydroxylation is 2. The second-order valence-electron chi connectivity index (χ2n) is 6.98. The van der Waals surface area contributed by atoms with E-state index in [1.54, 1.807) is 31.3 Å². The van der Waals surface area contributed by atoms with Crippen molar-refractivity contribution in [3.63, 3.8) is 0 Å². The van der Waals surface area contributed by atoms with Crippen molar-refractivity contribution in [3.8, 4) is 11.5 Å². The monoisotopic (exact) mass is 421 g/mol. The van der Waals surface area contributed by atoms with Gasteiger partial charge in [-0.25, -0.2) is 9.37 Å². The molecule has 4 rings (SSSR count). The molecule has 0 radical (unpaired) electrons. The molecule has 2 aromatic carbocycles. The molecule has 0 unspecified atom stereocenters. The van der Waals surface area contributed by atoms with Crippen LogP contribution in [-0.2, 0) is 24.9 Å². The summed E-state index contributed by atoms with van der Waals surface area (Å²) in [5.41, 5.74) is 1.19. The van der Waals surface area contributed by atoms with Crippen LogP contribution in [0, 0.1) is 5.82 Å². The fourth-order valence-electron chi connectivity index (χ4n) is 3.05. The lowest BCUT2D eigenvalue weighted by Crippen LogP contribution is -2.27. The zero-order chi connectivity index (χ0) is 21.8. The SMILES string of the molecule is Cn1ncc2c(=O)n(CCC(=O)NCc3ccc(Oc4ccc(F)cc4)cc3)cnc21. The first kappa shape index (κ1) is 20.3. The van der Waals surface area contributed by atoms with Crippen LogP contribution in [-0.4, -0.2) is 25.2 Å². The molecule has 31 heavy (non-hydrogen) atoms. The molecule has 9 heteroatoms. The Kier molecular flexibility index (Phi) is 5.74. The highest BCUT2D eigenvalue weighted by atomic mass is 19.1. The number of ether oxygens (including phenoxy) is 1. The van der Waals surface area contributed by atoms with Crippen molar-refractivity contribution in [3.05, 3.63) is 82.8 Å². The van der Waals surface area contributed by atoms with Gasteiger partial charge < -0.3 is 10.1 Å². The highest BCUT2D eigenvalue weighted by Gasteiger charge is 2.09. The molecule has 2 heterocycles. The van der Waals surface area contributed by atoms with Gasteiger partial charge in [-0.2, -0.15) is 5.10 Å². The predicted octanol–water partition coefficient (Wildman–Crippen LogP) is 2.77. The third kappa shape index (κ3) is 4.77. The summed E-state index contributed by atoms with van der Waals surface area (Å²) in [5.74, 6) is 0.651. The van der Waals surface area contributed by atoms with Crippen LogP contribution < -0.4 is 15.6 Å². The number of amides is 1. The Morgan fingerprint density at radius 1 is 1.10 bits per heavy atom. The lowest BCUT2D eigenvalue weighted by atomic mass is 10.2. The van der Waals surface area contributed by atoms with Crippen molar-refractivity contribution in [2.24, 2.45) is 7.05 Å². The van der Waals surface area contributed by atoms with Crippen LogP contribution in [0.1, 0.15) is 12.0 Å². The number of nitrogens with one attached hydrogen (secondary N) is 1. The maximum atomic E-state index is 12.9. The van der Waals surface area contributed by atoms with E-state index in [9.17, 15) is 14.0 Å². The van der Waals surface area contributed by atoms with Crippen LogP contribution in [0.15, 0.2) is 65.8 Å². The fraction of sp³-hybridized carbons (Fsp3) is 0.182. The second kappa shape index (κ2) is 8.78. The van der Waals surface area contributed by atoms with Crippen molar-refractivity contribution in [2.75, 3.05) is 0 Å². The Labute approximate surface area is 176 Å². The molecule has 0 aliphatic rings. The van der Waals surface area contributed by atoms with E-state index in [0.29, 0.717) is 29.1 Å². The number of nitrogens with zero attached hydrogens (tertiary/aromatic N) is 4. The number of aromatic nitrogens is 4. The zero-order valence-corrected chi connectivity index (χ0v) is 16.8. The van der Waals surface area contributed by atoms with E-state index in [1.807, 2.05) is 12.1 Å². The maximum Gasteiger partial charge on any atom is 0.264 e. The Hall–Kier alpha value is -4.01. The molecule has 0 fully saturated rings. The van der Waals surface area contributed by atoms with E-state index in [4.69, 9.17) is 4.74 Å². The number of hydrogen-bond donors (Lipinski definition) is 1. The van der Waals surface area contributed by atoms with Gasteiger partial charge in [0.15, 0.2) is 5.65 Å². The summed E-state index contributed by atoms with van der Waals surface area (Å²) in [4.78, 5) is 28.8. The van der Waals surface area contributed by atoms with E-state index < -0.39 is 0 Å². The Morgan fingerprint density at radius 3 is 2.48 bits per heavy atom. The van der Waals surface area contributed by atoms with Crippen molar-refractivity contribution >= 4 is 16.9 Å². The van der Waals surface area contributed by atoms with Crippen LogP contribution in [0.4, 0.5) is 4.39 Å². The molecule has 0 saturated heterocycles. The third-order valence-corrected chi connectivity index (χ3v) is 4.76. The van der Waals surface area contributed by atoms with Crippen molar-refractivity contribution in [1.29, 1.82) is 0 Å². The largest absolute Gasteiger partial charge is 0.457 e. The van der Waals surface area contributed by atoms with Crippen LogP contribution in [0.5, 0.6) is 11.5 Å². The van der Waals surface area contributed by atoms with Gasteiger partial charge in [0.2, 0.25) is 5.91 Å². The van der Waals surface area contributed by atoms with Crippen LogP contribution in [0.3, 0.4) is 0 Å². The normalized spacial score (nSPS) is 10.9. The molecular formula is C22H20FN5O3. The third-order valence-electron chi connectivity index (χ3n) is 4.76. The second-order valence-corrected chi connectivity index (χ2v) is 6.98. The first-order valence-electron chi connectivity index (χ1n) is 9.66. The molecule has 0 saturated carbocycles. The predicted molar refractivity (Wildman–Crippen MR) is 112 cm³/mol. The van der Waals surface area contributed by atoms with Gasteiger partial charge in [0, 0.05) is 26.6 Å². The minimum atomic E-state index is -0.322. The lowest BCUT2D eigenvalue weighted by molar-refractivity contribution is -0.121. The van der Waals surface area contributed by atoms with Crippen molar-refractivity contribution < 1.29 is 13.9 Å². The molecule has 1 N–H and O–H groups in total. The van der Waals surface area contributed by atoms with E-state index >= 15 is 0 Å². The molecule has 158 valence electrons. The van der Waals surface area contributed by atoms with Crippen molar-refractivity contribution in [2.45, 2.75) is 19.5 Å². The number of rotatable bonds is 7. The topological polar surface area (TPSA) is 91.0 Å². The first-order valence-corrected chi connectivity index (χ1v) is 9.66. The van der Waals surface area contributed by atoms with Gasteiger partial charge in [0.25, 0.3) is 5.56 Å². The van der Waals surface area contributed by atoms with E-state index in [-0.39, 0.29) is 30.2 Å². The lowest BCUT2D eigenvalue weighted by Gasteiger charge is -2.09. The molecule has 0 aliphatic carbocycles. The number of hydrogen-bond acceptors (Lipinski definition) is 5. The quantitative estimate of drug-likeness (QED) is 0.496. The maximum absolute atomic E-state index is 12.9. The fourth-order valence-corrected chi connectivity index (χ4v) is 3.05. The number of carbonyl (C=O) groups is 1. The number of halogens is 1. The minimum absolute atomic E-state index is 0.152. The highest BCUT2D eigenvalue weighted by molar-refractivity contribution is 5.76. The summed E-state index contributed by atoms with van der Waals surface area (Å²) in [6.45, 7) is 0.581. The Balaban J connectivity index is 1.28. The number of benzene rings is 2. The van der Waals surface area contributed by atoms with E-state index in [1.165, 1.54) is 33.9 Å². The summed E-state index contributed by atoms with van der Waals surface area (Å²) < 4.78 is 21.5. The molecule has 0 aliphatic heterocycles. The van der Waals surface area contributed by atoms with Gasteiger partial charge >= 0.3 is 0 Å². The van der Waals surface area contributed by atoms with Gasteiger partial charge in [0.1, 0.15) is 22.7 Å². The highest BCUT2D eigenvalue weighted by Crippen LogP contribution is 2.21. The molecule has 1 amide bonds. The molecular weight excluding hydrogens is 401 g/mol. The van der Waals surface area contributed by atoms with Gasteiger partial charge in [-0.05, 0) is 42.0 Å². The smallest absolute Gasteiger partial charge is 0.264 e. The summed E-state index contributed by atoms with van der Waals surface area (Å²) in [5, 5.41) is 7.28. The summed E-state index contributed by atoms with van der Waals surface area (Å²) in [6, 6.07) is 13.0. The zero-order valence-electron chi connectivity index (χ0n) is 16.8. The molecule has 0 atom stereocenters. The van der Waals surface area contributed by atoms with Gasteiger partial charge in [-0.3, -0.25) is 18.8 Å². The van der Waals surface area contributed by atoms with E-state index in [0.717, 1.165) is 5.56 Å². The van der Waals surface area contributed by atoms with Gasteiger partial charge in [-0.1, -0.05) is 12.1 Å². The molecule has 0 spiro atoms. The minimum Gasteiger partial charge on any atom is -0.457 e. The molecule has 2 aromatic heterocycles. The van der Waals surface area contributed by atoms with E-state index in [2.05, 4.69) is 15.4 Å². The van der Waals surface area contributed by atoms with Crippen LogP contribution in [0.2, 0.25) is 0 Å². The average molecular weight is 421 g/mol. The number of carbonyl (C=O) groups excluding carboxylic acids is 1. The van der Waals surface area contributed by atoms with Gasteiger partial charge in [0.05, 0.1) is 12.5 Å². The molecule has 4 aromatic rings. The van der Waals surface area contributed by atoms with Crippen LogP contribution in [0.25, 0.3) is 11.0 Å².